The Bertz CT molecular complexity index is 516. The lowest BCUT2D eigenvalue weighted by Crippen LogP contribution is -2.41. The summed E-state index contributed by atoms with van der Waals surface area (Å²) >= 11 is 0. The first-order valence-electron chi connectivity index (χ1n) is 8.81. The highest BCUT2D eigenvalue weighted by Gasteiger charge is 2.27. The zero-order valence-corrected chi connectivity index (χ0v) is 14.9. The molecule has 0 radical (unpaired) electrons. The van der Waals surface area contributed by atoms with E-state index in [1.54, 1.807) is 0 Å². The second-order valence-electron chi connectivity index (χ2n) is 6.94. The number of amides is 1. The van der Waals surface area contributed by atoms with E-state index in [1.165, 1.54) is 36.8 Å². The molecule has 1 N–H and O–H groups in total. The van der Waals surface area contributed by atoms with Crippen LogP contribution in [0.1, 0.15) is 55.7 Å². The van der Waals surface area contributed by atoms with Crippen molar-refractivity contribution in [1.82, 2.24) is 10.2 Å². The molecule has 1 atom stereocenters. The van der Waals surface area contributed by atoms with Crippen molar-refractivity contribution < 1.29 is 4.79 Å². The minimum atomic E-state index is 0. The molecule has 0 aromatic heterocycles. The van der Waals surface area contributed by atoms with Crippen molar-refractivity contribution >= 4 is 18.3 Å². The van der Waals surface area contributed by atoms with Crippen LogP contribution in [0, 0.1) is 12.8 Å². The molecule has 1 unspecified atom stereocenters. The first kappa shape index (κ1) is 18.3. The number of carbonyl (C=O) groups is 1. The van der Waals surface area contributed by atoms with E-state index in [4.69, 9.17) is 0 Å². The lowest BCUT2D eigenvalue weighted by atomic mass is 9.99. The lowest BCUT2D eigenvalue weighted by Gasteiger charge is -2.31. The maximum absolute atomic E-state index is 12.7. The number of benzene rings is 1. The summed E-state index contributed by atoms with van der Waals surface area (Å²) in [6, 6.07) is 8.93. The molecule has 3 rings (SSSR count). The first-order valence-corrected chi connectivity index (χ1v) is 8.81. The van der Waals surface area contributed by atoms with E-state index in [2.05, 4.69) is 41.4 Å². The summed E-state index contributed by atoms with van der Waals surface area (Å²) in [5, 5.41) is 3.36. The normalized spacial score (nSPS) is 21.4. The molecule has 1 amide bonds. The maximum atomic E-state index is 12.7. The molecule has 1 aliphatic heterocycles. The molecule has 4 heteroatoms. The Balaban J connectivity index is 0.00000192. The monoisotopic (exact) mass is 336 g/mol. The Morgan fingerprint density at radius 1 is 1.22 bits per heavy atom. The predicted molar refractivity (Wildman–Crippen MR) is 96.9 cm³/mol. The average molecular weight is 337 g/mol. The topological polar surface area (TPSA) is 32.3 Å². The van der Waals surface area contributed by atoms with Crippen LogP contribution >= 0.6 is 12.4 Å². The number of halogens is 1. The first-order chi connectivity index (χ1) is 10.7. The van der Waals surface area contributed by atoms with E-state index in [0.717, 1.165) is 31.8 Å². The van der Waals surface area contributed by atoms with Gasteiger partial charge >= 0.3 is 0 Å². The molecule has 0 bridgehead atoms. The van der Waals surface area contributed by atoms with Crippen LogP contribution in [0.15, 0.2) is 24.3 Å². The number of likely N-dealkylation sites (tertiary alicyclic amines) is 1. The molecule has 1 aromatic rings. The molecular formula is C19H29ClN2O. The molecule has 1 aromatic carbocycles. The molecule has 0 spiro atoms. The van der Waals surface area contributed by atoms with Crippen molar-refractivity contribution in [2.45, 2.75) is 51.5 Å². The SMILES string of the molecule is Cc1cccc(C2CCCCCN2C(=O)CNCC2CC2)c1.Cl. The van der Waals surface area contributed by atoms with Gasteiger partial charge in [-0.3, -0.25) is 4.79 Å². The van der Waals surface area contributed by atoms with E-state index >= 15 is 0 Å². The molecule has 1 saturated heterocycles. The number of hydrogen-bond acceptors (Lipinski definition) is 2. The number of hydrogen-bond donors (Lipinski definition) is 1. The highest BCUT2D eigenvalue weighted by molar-refractivity contribution is 5.85. The third kappa shape index (κ3) is 5.22. The summed E-state index contributed by atoms with van der Waals surface area (Å²) in [6.45, 7) is 4.54. The summed E-state index contributed by atoms with van der Waals surface area (Å²) in [5.74, 6) is 1.10. The predicted octanol–water partition coefficient (Wildman–Crippen LogP) is 3.86. The fourth-order valence-corrected chi connectivity index (χ4v) is 3.44. The summed E-state index contributed by atoms with van der Waals surface area (Å²) in [7, 11) is 0. The number of rotatable bonds is 5. The van der Waals surface area contributed by atoms with E-state index in [-0.39, 0.29) is 24.4 Å². The van der Waals surface area contributed by atoms with Gasteiger partial charge in [0.05, 0.1) is 12.6 Å². The molecular weight excluding hydrogens is 308 g/mol. The third-order valence-electron chi connectivity index (χ3n) is 4.91. The average Bonchev–Trinajstić information content (AvgIpc) is 3.33. The standard InChI is InChI=1S/C19H28N2O.ClH/c1-15-6-5-7-17(12-15)18-8-3-2-4-11-21(18)19(22)14-20-13-16-9-10-16;/h5-7,12,16,18,20H,2-4,8-11,13-14H2,1H3;1H. The van der Waals surface area contributed by atoms with Crippen LogP contribution in [0.2, 0.25) is 0 Å². The summed E-state index contributed by atoms with van der Waals surface area (Å²) in [6.07, 6.45) is 7.35. The van der Waals surface area contributed by atoms with Crippen LogP contribution in [0.4, 0.5) is 0 Å². The van der Waals surface area contributed by atoms with Gasteiger partial charge in [0.25, 0.3) is 0 Å². The highest BCUT2D eigenvalue weighted by atomic mass is 35.5. The van der Waals surface area contributed by atoms with Crippen molar-refractivity contribution in [2.24, 2.45) is 5.92 Å². The van der Waals surface area contributed by atoms with Gasteiger partial charge in [-0.25, -0.2) is 0 Å². The Hall–Kier alpha value is -1.06. The molecule has 2 fully saturated rings. The minimum Gasteiger partial charge on any atom is -0.335 e. The van der Waals surface area contributed by atoms with Crippen molar-refractivity contribution in [3.05, 3.63) is 35.4 Å². The van der Waals surface area contributed by atoms with E-state index in [1.807, 2.05) is 0 Å². The maximum Gasteiger partial charge on any atom is 0.237 e. The molecule has 128 valence electrons. The van der Waals surface area contributed by atoms with Gasteiger partial charge in [-0.15, -0.1) is 12.4 Å². The molecule has 1 saturated carbocycles. The minimum absolute atomic E-state index is 0. The summed E-state index contributed by atoms with van der Waals surface area (Å²) < 4.78 is 0. The van der Waals surface area contributed by atoms with E-state index in [0.29, 0.717) is 6.54 Å². The van der Waals surface area contributed by atoms with E-state index < -0.39 is 0 Å². The van der Waals surface area contributed by atoms with Crippen LogP contribution in [0.3, 0.4) is 0 Å². The van der Waals surface area contributed by atoms with Crippen LogP contribution in [-0.4, -0.2) is 30.4 Å². The van der Waals surface area contributed by atoms with Crippen LogP contribution in [0.25, 0.3) is 0 Å². The number of aryl methyl sites for hydroxylation is 1. The van der Waals surface area contributed by atoms with Crippen LogP contribution in [0.5, 0.6) is 0 Å². The Kier molecular flexibility index (Phi) is 6.91. The fourth-order valence-electron chi connectivity index (χ4n) is 3.44. The van der Waals surface area contributed by atoms with Crippen LogP contribution in [-0.2, 0) is 4.79 Å². The van der Waals surface area contributed by atoms with Gasteiger partial charge in [-0.2, -0.15) is 0 Å². The Morgan fingerprint density at radius 2 is 2.04 bits per heavy atom. The number of nitrogens with zero attached hydrogens (tertiary/aromatic N) is 1. The van der Waals surface area contributed by atoms with Gasteiger partial charge in [-0.05, 0) is 50.6 Å². The van der Waals surface area contributed by atoms with Gasteiger partial charge in [0.15, 0.2) is 0 Å². The summed E-state index contributed by atoms with van der Waals surface area (Å²) in [5.41, 5.74) is 2.58. The van der Waals surface area contributed by atoms with Gasteiger partial charge in [0, 0.05) is 6.54 Å². The van der Waals surface area contributed by atoms with Gasteiger partial charge < -0.3 is 10.2 Å². The van der Waals surface area contributed by atoms with Gasteiger partial charge in [-0.1, -0.05) is 42.7 Å². The number of carbonyl (C=O) groups excluding carboxylic acids is 1. The number of nitrogens with one attached hydrogen (secondary N) is 1. The van der Waals surface area contributed by atoms with Crippen molar-refractivity contribution in [2.75, 3.05) is 19.6 Å². The second-order valence-corrected chi connectivity index (χ2v) is 6.94. The van der Waals surface area contributed by atoms with Crippen LogP contribution < -0.4 is 5.32 Å². The van der Waals surface area contributed by atoms with Gasteiger partial charge in [0.1, 0.15) is 0 Å². The highest BCUT2D eigenvalue weighted by Crippen LogP contribution is 2.31. The second kappa shape index (κ2) is 8.70. The largest absolute Gasteiger partial charge is 0.335 e. The van der Waals surface area contributed by atoms with Crippen molar-refractivity contribution in [3.63, 3.8) is 0 Å². The molecule has 1 heterocycles. The Labute approximate surface area is 146 Å². The lowest BCUT2D eigenvalue weighted by molar-refractivity contribution is -0.132. The molecule has 3 nitrogen and oxygen atoms in total. The third-order valence-corrected chi connectivity index (χ3v) is 4.91. The Morgan fingerprint density at radius 3 is 2.78 bits per heavy atom. The summed E-state index contributed by atoms with van der Waals surface area (Å²) in [4.78, 5) is 14.8. The fraction of sp³-hybridized carbons (Fsp3) is 0.632. The molecule has 1 aliphatic carbocycles. The smallest absolute Gasteiger partial charge is 0.237 e. The zero-order chi connectivity index (χ0) is 15.4. The van der Waals surface area contributed by atoms with Crippen molar-refractivity contribution in [3.8, 4) is 0 Å². The van der Waals surface area contributed by atoms with Gasteiger partial charge in [0.2, 0.25) is 5.91 Å². The quantitative estimate of drug-likeness (QED) is 0.885. The van der Waals surface area contributed by atoms with E-state index in [9.17, 15) is 4.79 Å². The zero-order valence-electron chi connectivity index (χ0n) is 14.1. The molecule has 23 heavy (non-hydrogen) atoms. The molecule has 2 aliphatic rings. The van der Waals surface area contributed by atoms with Crippen molar-refractivity contribution in [1.29, 1.82) is 0 Å².